The van der Waals surface area contributed by atoms with Crippen molar-refractivity contribution in [2.75, 3.05) is 19.0 Å². The molecule has 6 heteroatoms. The lowest BCUT2D eigenvalue weighted by Crippen LogP contribution is -2.41. The normalized spacial score (nSPS) is 18.3. The van der Waals surface area contributed by atoms with Gasteiger partial charge in [-0.3, -0.25) is 9.59 Å². The summed E-state index contributed by atoms with van der Waals surface area (Å²) in [6.07, 6.45) is 4.17. The van der Waals surface area contributed by atoms with Crippen molar-refractivity contribution >= 4 is 23.5 Å². The molecule has 30 heavy (non-hydrogen) atoms. The first-order valence-corrected chi connectivity index (χ1v) is 10.3. The van der Waals surface area contributed by atoms with Gasteiger partial charge in [0.05, 0.1) is 11.3 Å². The molecule has 6 nitrogen and oxygen atoms in total. The van der Waals surface area contributed by atoms with E-state index in [4.69, 9.17) is 4.74 Å². The first-order chi connectivity index (χ1) is 14.5. The van der Waals surface area contributed by atoms with E-state index in [1.165, 1.54) is 0 Å². The van der Waals surface area contributed by atoms with Gasteiger partial charge >= 0.3 is 5.97 Å². The van der Waals surface area contributed by atoms with Gasteiger partial charge in [0, 0.05) is 18.7 Å². The van der Waals surface area contributed by atoms with Crippen LogP contribution in [0.3, 0.4) is 0 Å². The van der Waals surface area contributed by atoms with E-state index in [9.17, 15) is 14.4 Å². The molecular formula is C24H28N2O4. The highest BCUT2D eigenvalue weighted by Crippen LogP contribution is 2.26. The van der Waals surface area contributed by atoms with Crippen LogP contribution in [0.2, 0.25) is 0 Å². The van der Waals surface area contributed by atoms with E-state index in [-0.39, 0.29) is 30.0 Å². The molecular weight excluding hydrogens is 380 g/mol. The molecule has 1 saturated carbocycles. The van der Waals surface area contributed by atoms with E-state index in [2.05, 4.69) is 12.2 Å². The zero-order valence-corrected chi connectivity index (χ0v) is 17.5. The Hall–Kier alpha value is -3.15. The van der Waals surface area contributed by atoms with E-state index >= 15 is 0 Å². The predicted molar refractivity (Wildman–Crippen MR) is 115 cm³/mol. The zero-order chi connectivity index (χ0) is 21.5. The number of nitrogens with one attached hydrogen (secondary N) is 1. The molecule has 0 unspecified atom stereocenters. The Labute approximate surface area is 177 Å². The summed E-state index contributed by atoms with van der Waals surface area (Å²) in [6, 6.07) is 15.6. The number of ether oxygens (including phenoxy) is 1. The van der Waals surface area contributed by atoms with Crippen molar-refractivity contribution in [3.05, 3.63) is 65.7 Å². The smallest absolute Gasteiger partial charge is 0.340 e. The molecule has 0 spiro atoms. The minimum absolute atomic E-state index is 0.199. The summed E-state index contributed by atoms with van der Waals surface area (Å²) >= 11 is 0. The summed E-state index contributed by atoms with van der Waals surface area (Å²) in [4.78, 5) is 39.2. The van der Waals surface area contributed by atoms with Gasteiger partial charge < -0.3 is 15.0 Å². The van der Waals surface area contributed by atoms with Crippen LogP contribution in [-0.4, -0.2) is 42.4 Å². The van der Waals surface area contributed by atoms with Gasteiger partial charge in [0.15, 0.2) is 6.61 Å². The summed E-state index contributed by atoms with van der Waals surface area (Å²) in [5.41, 5.74) is 1.04. The topological polar surface area (TPSA) is 75.7 Å². The minimum atomic E-state index is -0.641. The molecule has 1 fully saturated rings. The molecule has 2 aromatic carbocycles. The summed E-state index contributed by atoms with van der Waals surface area (Å²) < 4.78 is 5.27. The molecule has 158 valence electrons. The Morgan fingerprint density at radius 3 is 2.30 bits per heavy atom. The number of para-hydroxylation sites is 1. The molecule has 0 radical (unpaired) electrons. The molecule has 0 atom stereocenters. The number of nitrogens with zero attached hydrogens (tertiary/aromatic N) is 1. The number of likely N-dealkylation sites (N-methyl/N-ethyl adjacent to an activating group) is 1. The SMILES string of the molecule is CC1CCC(N(C)C(=O)COC(=O)c2ccccc2NC(=O)c2ccccc2)CC1. The van der Waals surface area contributed by atoms with Crippen molar-refractivity contribution < 1.29 is 19.1 Å². The van der Waals surface area contributed by atoms with Crippen LogP contribution in [0.5, 0.6) is 0 Å². The Bertz CT molecular complexity index is 889. The lowest BCUT2D eigenvalue weighted by Gasteiger charge is -2.33. The second kappa shape index (κ2) is 10.1. The monoisotopic (exact) mass is 408 g/mol. The first kappa shape index (κ1) is 21.6. The Balaban J connectivity index is 1.59. The highest BCUT2D eigenvalue weighted by atomic mass is 16.5. The van der Waals surface area contributed by atoms with Crippen molar-refractivity contribution in [1.29, 1.82) is 0 Å². The maximum atomic E-state index is 12.6. The number of anilines is 1. The summed E-state index contributed by atoms with van der Waals surface area (Å²) in [6.45, 7) is 1.91. The fourth-order valence-electron chi connectivity index (χ4n) is 3.69. The van der Waals surface area contributed by atoms with E-state index in [1.807, 2.05) is 6.07 Å². The lowest BCUT2D eigenvalue weighted by molar-refractivity contribution is -0.136. The maximum Gasteiger partial charge on any atom is 0.340 e. The number of carbonyl (C=O) groups excluding carboxylic acids is 3. The zero-order valence-electron chi connectivity index (χ0n) is 17.5. The number of carbonyl (C=O) groups is 3. The molecule has 0 aliphatic heterocycles. The van der Waals surface area contributed by atoms with Crippen LogP contribution in [0, 0.1) is 5.92 Å². The van der Waals surface area contributed by atoms with E-state index < -0.39 is 5.97 Å². The van der Waals surface area contributed by atoms with E-state index in [0.717, 1.165) is 25.7 Å². The van der Waals surface area contributed by atoms with Crippen LogP contribution >= 0.6 is 0 Å². The first-order valence-electron chi connectivity index (χ1n) is 10.3. The van der Waals surface area contributed by atoms with E-state index in [0.29, 0.717) is 17.2 Å². The fourth-order valence-corrected chi connectivity index (χ4v) is 3.69. The highest BCUT2D eigenvalue weighted by molar-refractivity contribution is 6.08. The summed E-state index contributed by atoms with van der Waals surface area (Å²) in [7, 11) is 1.77. The highest BCUT2D eigenvalue weighted by Gasteiger charge is 2.25. The predicted octanol–water partition coefficient (Wildman–Crippen LogP) is 4.13. The number of benzene rings is 2. The third-order valence-corrected chi connectivity index (χ3v) is 5.68. The molecule has 1 aliphatic carbocycles. The van der Waals surface area contributed by atoms with Gasteiger partial charge in [0.1, 0.15) is 0 Å². The van der Waals surface area contributed by atoms with E-state index in [1.54, 1.807) is 60.5 Å². The van der Waals surface area contributed by atoms with Gasteiger partial charge in [-0.15, -0.1) is 0 Å². The van der Waals surface area contributed by atoms with Crippen molar-refractivity contribution in [3.63, 3.8) is 0 Å². The van der Waals surface area contributed by atoms with Gasteiger partial charge in [0.25, 0.3) is 11.8 Å². The fraction of sp³-hybridized carbons (Fsp3) is 0.375. The lowest BCUT2D eigenvalue weighted by atomic mass is 9.87. The standard InChI is InChI=1S/C24H28N2O4/c1-17-12-14-19(15-13-17)26(2)22(27)16-30-24(29)20-10-6-7-11-21(20)25-23(28)18-8-4-3-5-9-18/h3-11,17,19H,12-16H2,1-2H3,(H,25,28). The molecule has 0 saturated heterocycles. The largest absolute Gasteiger partial charge is 0.452 e. The summed E-state index contributed by atoms with van der Waals surface area (Å²) in [5.74, 6) is -0.477. The van der Waals surface area contributed by atoms with Crippen molar-refractivity contribution in [2.24, 2.45) is 5.92 Å². The molecule has 0 heterocycles. The van der Waals surface area contributed by atoms with Crippen molar-refractivity contribution in [1.82, 2.24) is 4.90 Å². The van der Waals surface area contributed by atoms with Crippen LogP contribution in [0.15, 0.2) is 54.6 Å². The average Bonchev–Trinajstić information content (AvgIpc) is 2.78. The third-order valence-electron chi connectivity index (χ3n) is 5.68. The van der Waals surface area contributed by atoms with Gasteiger partial charge in [-0.25, -0.2) is 4.79 Å². The molecule has 0 bridgehead atoms. The number of hydrogen-bond donors (Lipinski definition) is 1. The molecule has 1 aliphatic rings. The quantitative estimate of drug-likeness (QED) is 0.729. The van der Waals surface area contributed by atoms with Gasteiger partial charge in [-0.1, -0.05) is 37.3 Å². The van der Waals surface area contributed by atoms with Crippen molar-refractivity contribution in [3.8, 4) is 0 Å². The van der Waals surface area contributed by atoms with Gasteiger partial charge in [-0.05, 0) is 55.9 Å². The second-order valence-corrected chi connectivity index (χ2v) is 7.86. The molecule has 3 rings (SSSR count). The maximum absolute atomic E-state index is 12.6. The van der Waals surface area contributed by atoms with Crippen LogP contribution < -0.4 is 5.32 Å². The van der Waals surface area contributed by atoms with Gasteiger partial charge in [-0.2, -0.15) is 0 Å². The molecule has 1 N–H and O–H groups in total. The average molecular weight is 408 g/mol. The number of rotatable bonds is 6. The Morgan fingerprint density at radius 1 is 0.967 bits per heavy atom. The van der Waals surface area contributed by atoms with Crippen LogP contribution in [0.4, 0.5) is 5.69 Å². The van der Waals surface area contributed by atoms with Crippen molar-refractivity contribution in [2.45, 2.75) is 38.6 Å². The van der Waals surface area contributed by atoms with Crippen LogP contribution in [0.25, 0.3) is 0 Å². The van der Waals surface area contributed by atoms with Gasteiger partial charge in [0.2, 0.25) is 0 Å². The Morgan fingerprint density at radius 2 is 1.60 bits per heavy atom. The molecule has 2 amide bonds. The molecule has 2 aromatic rings. The van der Waals surface area contributed by atoms with Crippen LogP contribution in [0.1, 0.15) is 53.3 Å². The molecule has 0 aromatic heterocycles. The minimum Gasteiger partial charge on any atom is -0.452 e. The third kappa shape index (κ3) is 5.47. The second-order valence-electron chi connectivity index (χ2n) is 7.86. The number of esters is 1. The Kier molecular flexibility index (Phi) is 7.22. The number of amides is 2. The number of hydrogen-bond acceptors (Lipinski definition) is 4. The summed E-state index contributed by atoms with van der Waals surface area (Å²) in [5, 5.41) is 2.74. The van der Waals surface area contributed by atoms with Crippen LogP contribution in [-0.2, 0) is 9.53 Å².